The number of carbonyl (C=O) groups excluding carboxylic acids is 1. The lowest BCUT2D eigenvalue weighted by Gasteiger charge is -2.37. The molecule has 7 heteroatoms. The van der Waals surface area contributed by atoms with Crippen molar-refractivity contribution in [3.8, 4) is 17.5 Å². The Morgan fingerprint density at radius 3 is 2.33 bits per heavy atom. The number of carbonyl (C=O) groups is 1. The Morgan fingerprint density at radius 1 is 1.09 bits per heavy atom. The van der Waals surface area contributed by atoms with Crippen LogP contribution < -0.4 is 4.74 Å². The van der Waals surface area contributed by atoms with Crippen LogP contribution in [-0.4, -0.2) is 58.8 Å². The SMILES string of the molecule is CCc1c(C(=O)N2CCN(C(C#N)c3ccc(OC)cc3)CC2)cnn1-c1ccc(C)cc1. The summed E-state index contributed by atoms with van der Waals surface area (Å²) >= 11 is 0. The fourth-order valence-electron chi connectivity index (χ4n) is 4.31. The minimum absolute atomic E-state index is 0.00261. The fraction of sp³-hybridized carbons (Fsp3) is 0.346. The zero-order valence-electron chi connectivity index (χ0n) is 19.4. The van der Waals surface area contributed by atoms with E-state index in [2.05, 4.69) is 16.1 Å². The average Bonchev–Trinajstić information content (AvgIpc) is 3.29. The molecule has 0 N–H and O–H groups in total. The second kappa shape index (κ2) is 9.88. The van der Waals surface area contributed by atoms with Crippen LogP contribution in [0.2, 0.25) is 0 Å². The first-order chi connectivity index (χ1) is 16.0. The number of hydrogen-bond acceptors (Lipinski definition) is 5. The van der Waals surface area contributed by atoms with Crippen molar-refractivity contribution in [1.29, 1.82) is 5.26 Å². The second-order valence-corrected chi connectivity index (χ2v) is 8.24. The van der Waals surface area contributed by atoms with E-state index in [9.17, 15) is 10.1 Å². The number of nitriles is 1. The Labute approximate surface area is 194 Å². The molecular weight excluding hydrogens is 414 g/mol. The monoisotopic (exact) mass is 443 g/mol. The van der Waals surface area contributed by atoms with Crippen LogP contribution in [0.5, 0.6) is 5.75 Å². The van der Waals surface area contributed by atoms with Crippen LogP contribution in [0.15, 0.2) is 54.7 Å². The minimum Gasteiger partial charge on any atom is -0.497 e. The van der Waals surface area contributed by atoms with E-state index in [-0.39, 0.29) is 11.9 Å². The van der Waals surface area contributed by atoms with Gasteiger partial charge in [0.25, 0.3) is 5.91 Å². The van der Waals surface area contributed by atoms with Crippen molar-refractivity contribution in [3.05, 3.63) is 77.1 Å². The zero-order chi connectivity index (χ0) is 23.4. The molecule has 7 nitrogen and oxygen atoms in total. The number of amides is 1. The lowest BCUT2D eigenvalue weighted by molar-refractivity contribution is 0.0605. The summed E-state index contributed by atoms with van der Waals surface area (Å²) in [7, 11) is 1.63. The van der Waals surface area contributed by atoms with Crippen LogP contribution in [0.4, 0.5) is 0 Å². The van der Waals surface area contributed by atoms with Crippen LogP contribution in [0.1, 0.15) is 40.1 Å². The maximum atomic E-state index is 13.3. The molecule has 0 aliphatic carbocycles. The van der Waals surface area contributed by atoms with Gasteiger partial charge in [-0.1, -0.05) is 36.8 Å². The van der Waals surface area contributed by atoms with E-state index in [1.807, 2.05) is 72.0 Å². The van der Waals surface area contributed by atoms with Crippen LogP contribution in [0, 0.1) is 18.3 Å². The van der Waals surface area contributed by atoms with E-state index >= 15 is 0 Å². The topological polar surface area (TPSA) is 74.4 Å². The summed E-state index contributed by atoms with van der Waals surface area (Å²) in [6, 6.07) is 17.8. The highest BCUT2D eigenvalue weighted by Crippen LogP contribution is 2.25. The van der Waals surface area contributed by atoms with E-state index in [1.54, 1.807) is 13.3 Å². The molecule has 0 bridgehead atoms. The number of aryl methyl sites for hydroxylation is 1. The highest BCUT2D eigenvalue weighted by Gasteiger charge is 2.29. The maximum absolute atomic E-state index is 13.3. The van der Waals surface area contributed by atoms with Crippen molar-refractivity contribution in [2.45, 2.75) is 26.3 Å². The first-order valence-corrected chi connectivity index (χ1v) is 11.3. The molecule has 1 aliphatic rings. The molecule has 1 unspecified atom stereocenters. The summed E-state index contributed by atoms with van der Waals surface area (Å²) in [6.07, 6.45) is 2.39. The summed E-state index contributed by atoms with van der Waals surface area (Å²) < 4.78 is 7.08. The quantitative estimate of drug-likeness (QED) is 0.580. The van der Waals surface area contributed by atoms with Crippen LogP contribution in [0.3, 0.4) is 0 Å². The third-order valence-corrected chi connectivity index (χ3v) is 6.23. The number of methoxy groups -OCH3 is 1. The van der Waals surface area contributed by atoms with Gasteiger partial charge in [-0.15, -0.1) is 0 Å². The number of ether oxygens (including phenoxy) is 1. The van der Waals surface area contributed by atoms with Gasteiger partial charge in [-0.25, -0.2) is 4.68 Å². The number of nitrogens with zero attached hydrogens (tertiary/aromatic N) is 5. The minimum atomic E-state index is -0.344. The first-order valence-electron chi connectivity index (χ1n) is 11.3. The Bertz CT molecular complexity index is 1140. The molecule has 1 amide bonds. The standard InChI is InChI=1S/C26H29N5O2/c1-4-24-23(18-28-31(24)21-9-5-19(2)6-10-21)26(32)30-15-13-29(14-16-30)25(17-27)20-7-11-22(33-3)12-8-20/h5-12,18,25H,4,13-16H2,1-3H3. The second-order valence-electron chi connectivity index (χ2n) is 8.24. The van der Waals surface area contributed by atoms with Gasteiger partial charge in [0.2, 0.25) is 0 Å². The smallest absolute Gasteiger partial charge is 0.257 e. The number of benzene rings is 2. The van der Waals surface area contributed by atoms with E-state index in [0.717, 1.165) is 22.7 Å². The van der Waals surface area contributed by atoms with Gasteiger partial charge in [0.15, 0.2) is 0 Å². The van der Waals surface area contributed by atoms with Gasteiger partial charge in [0.05, 0.1) is 36.3 Å². The molecule has 2 aromatic carbocycles. The van der Waals surface area contributed by atoms with Gasteiger partial charge in [-0.2, -0.15) is 10.4 Å². The summed E-state index contributed by atoms with van der Waals surface area (Å²) in [4.78, 5) is 17.3. The highest BCUT2D eigenvalue weighted by atomic mass is 16.5. The van der Waals surface area contributed by atoms with Gasteiger partial charge in [0.1, 0.15) is 11.8 Å². The van der Waals surface area contributed by atoms with E-state index in [0.29, 0.717) is 38.2 Å². The molecule has 2 heterocycles. The molecule has 1 aliphatic heterocycles. The van der Waals surface area contributed by atoms with E-state index in [1.165, 1.54) is 5.56 Å². The molecule has 1 atom stereocenters. The molecule has 1 fully saturated rings. The highest BCUT2D eigenvalue weighted by molar-refractivity contribution is 5.95. The summed E-state index contributed by atoms with van der Waals surface area (Å²) in [5.41, 5.74) is 4.64. The summed E-state index contributed by atoms with van der Waals surface area (Å²) in [6.45, 7) is 6.53. The molecule has 1 aromatic heterocycles. The van der Waals surface area contributed by atoms with Gasteiger partial charge >= 0.3 is 0 Å². The third kappa shape index (κ3) is 4.62. The zero-order valence-corrected chi connectivity index (χ0v) is 19.4. The molecule has 0 radical (unpaired) electrons. The molecule has 4 rings (SSSR count). The molecule has 0 spiro atoms. The van der Waals surface area contributed by atoms with Crippen LogP contribution in [0.25, 0.3) is 5.69 Å². The summed E-state index contributed by atoms with van der Waals surface area (Å²) in [5, 5.41) is 14.3. The molecule has 3 aromatic rings. The predicted molar refractivity (Wildman–Crippen MR) is 127 cm³/mol. The molecular formula is C26H29N5O2. The lowest BCUT2D eigenvalue weighted by atomic mass is 10.0. The number of rotatable bonds is 6. The van der Waals surface area contributed by atoms with E-state index < -0.39 is 0 Å². The van der Waals surface area contributed by atoms with Crippen molar-refractivity contribution < 1.29 is 9.53 Å². The average molecular weight is 444 g/mol. The molecule has 33 heavy (non-hydrogen) atoms. The van der Waals surface area contributed by atoms with Crippen molar-refractivity contribution >= 4 is 5.91 Å². The Morgan fingerprint density at radius 2 is 1.76 bits per heavy atom. The Kier molecular flexibility index (Phi) is 6.76. The third-order valence-electron chi connectivity index (χ3n) is 6.23. The van der Waals surface area contributed by atoms with E-state index in [4.69, 9.17) is 4.74 Å². The summed E-state index contributed by atoms with van der Waals surface area (Å²) in [5.74, 6) is 0.770. The molecule has 0 saturated carbocycles. The first kappa shape index (κ1) is 22.6. The number of hydrogen-bond donors (Lipinski definition) is 0. The number of piperazine rings is 1. The predicted octanol–water partition coefficient (Wildman–Crippen LogP) is 3.77. The lowest BCUT2D eigenvalue weighted by Crippen LogP contribution is -2.49. The van der Waals surface area contributed by atoms with Gasteiger partial charge in [-0.3, -0.25) is 9.69 Å². The normalized spacial score (nSPS) is 15.2. The largest absolute Gasteiger partial charge is 0.497 e. The Hall–Kier alpha value is -3.63. The maximum Gasteiger partial charge on any atom is 0.257 e. The fourth-order valence-corrected chi connectivity index (χ4v) is 4.31. The van der Waals surface area contributed by atoms with Crippen molar-refractivity contribution in [2.75, 3.05) is 33.3 Å². The van der Waals surface area contributed by atoms with Gasteiger partial charge in [-0.05, 0) is 43.2 Å². The van der Waals surface area contributed by atoms with Crippen molar-refractivity contribution in [3.63, 3.8) is 0 Å². The molecule has 1 saturated heterocycles. The Balaban J connectivity index is 1.46. The molecule has 170 valence electrons. The number of aromatic nitrogens is 2. The van der Waals surface area contributed by atoms with Crippen LogP contribution in [-0.2, 0) is 6.42 Å². The van der Waals surface area contributed by atoms with Gasteiger partial charge in [0, 0.05) is 26.2 Å². The van der Waals surface area contributed by atoms with Gasteiger partial charge < -0.3 is 9.64 Å². The van der Waals surface area contributed by atoms with Crippen LogP contribution >= 0.6 is 0 Å². The van der Waals surface area contributed by atoms with Crippen molar-refractivity contribution in [2.24, 2.45) is 0 Å². The van der Waals surface area contributed by atoms with Crippen molar-refractivity contribution in [1.82, 2.24) is 19.6 Å².